The van der Waals surface area contributed by atoms with Crippen LogP contribution in [0.25, 0.3) is 0 Å². The van der Waals surface area contributed by atoms with E-state index in [4.69, 9.17) is 9.47 Å². The fourth-order valence-electron chi connectivity index (χ4n) is 4.26. The summed E-state index contributed by atoms with van der Waals surface area (Å²) < 4.78 is 11.4. The lowest BCUT2D eigenvalue weighted by Crippen LogP contribution is -2.45. The number of hydrogen-bond acceptors (Lipinski definition) is 4. The molecule has 0 unspecified atom stereocenters. The normalized spacial score (nSPS) is 19.7. The molecule has 5 nitrogen and oxygen atoms in total. The number of hydrogen-bond donors (Lipinski definition) is 1. The molecule has 1 heterocycles. The maximum absolute atomic E-state index is 12.7. The number of nitrogens with one attached hydrogen (secondary N) is 1. The highest BCUT2D eigenvalue weighted by Crippen LogP contribution is 2.35. The molecule has 1 aliphatic heterocycles. The second-order valence-corrected chi connectivity index (χ2v) is 8.54. The molecule has 1 aromatic carbocycles. The van der Waals surface area contributed by atoms with Gasteiger partial charge in [-0.1, -0.05) is 19.3 Å². The predicted octanol–water partition coefficient (Wildman–Crippen LogP) is 4.24. The number of ether oxygens (including phenoxy) is 2. The highest BCUT2D eigenvalue weighted by Gasteiger charge is 2.24. The fourth-order valence-corrected chi connectivity index (χ4v) is 4.82. The topological polar surface area (TPSA) is 50.8 Å². The van der Waals surface area contributed by atoms with E-state index in [9.17, 15) is 4.79 Å². The Bertz CT molecular complexity index is 613. The Morgan fingerprint density at radius 1 is 1.07 bits per heavy atom. The smallest absolute Gasteiger partial charge is 0.251 e. The lowest BCUT2D eigenvalue weighted by atomic mass is 9.88. The van der Waals surface area contributed by atoms with Crippen molar-refractivity contribution in [3.05, 3.63) is 22.2 Å². The molecule has 0 atom stereocenters. The number of benzene rings is 1. The third-order valence-electron chi connectivity index (χ3n) is 5.87. The average Bonchev–Trinajstić information content (AvgIpc) is 2.70. The molecule has 27 heavy (non-hydrogen) atoms. The number of rotatable bonds is 6. The quantitative estimate of drug-likeness (QED) is 0.721. The second-order valence-electron chi connectivity index (χ2n) is 7.75. The van der Waals surface area contributed by atoms with E-state index in [1.54, 1.807) is 26.4 Å². The second kappa shape index (κ2) is 9.78. The van der Waals surface area contributed by atoms with Crippen molar-refractivity contribution in [2.75, 3.05) is 33.9 Å². The van der Waals surface area contributed by atoms with Gasteiger partial charge in [0, 0.05) is 31.2 Å². The van der Waals surface area contributed by atoms with Gasteiger partial charge in [0.05, 0.1) is 14.2 Å². The molecule has 3 rings (SSSR count). The van der Waals surface area contributed by atoms with Gasteiger partial charge in [0.2, 0.25) is 0 Å². The van der Waals surface area contributed by atoms with Crippen molar-refractivity contribution in [1.82, 2.24) is 10.2 Å². The Balaban J connectivity index is 1.52. The van der Waals surface area contributed by atoms with Crippen LogP contribution in [0.1, 0.15) is 55.3 Å². The summed E-state index contributed by atoms with van der Waals surface area (Å²) in [5, 5.41) is 3.19. The van der Waals surface area contributed by atoms with Crippen molar-refractivity contribution in [1.29, 1.82) is 0 Å². The summed E-state index contributed by atoms with van der Waals surface area (Å²) in [6, 6.07) is 3.74. The molecule has 0 radical (unpaired) electrons. The van der Waals surface area contributed by atoms with Gasteiger partial charge in [0.15, 0.2) is 0 Å². The lowest BCUT2D eigenvalue weighted by molar-refractivity contribution is 0.0901. The van der Waals surface area contributed by atoms with Crippen molar-refractivity contribution in [3.63, 3.8) is 0 Å². The molecule has 1 amide bonds. The Morgan fingerprint density at radius 2 is 1.67 bits per heavy atom. The Hall–Kier alpha value is -1.27. The first kappa shape index (κ1) is 20.5. The summed E-state index contributed by atoms with van der Waals surface area (Å²) in [5.41, 5.74) is 0.566. The molecule has 150 valence electrons. The van der Waals surface area contributed by atoms with Gasteiger partial charge in [-0.15, -0.1) is 0 Å². The third-order valence-corrected chi connectivity index (χ3v) is 6.65. The third kappa shape index (κ3) is 5.38. The van der Waals surface area contributed by atoms with Crippen LogP contribution in [0, 0.1) is 5.92 Å². The number of piperidine rings is 1. The zero-order valence-corrected chi connectivity index (χ0v) is 18.0. The van der Waals surface area contributed by atoms with Gasteiger partial charge in [-0.2, -0.15) is 0 Å². The van der Waals surface area contributed by atoms with Crippen LogP contribution < -0.4 is 14.8 Å². The lowest BCUT2D eigenvalue weighted by Gasteiger charge is -2.35. The van der Waals surface area contributed by atoms with Crippen LogP contribution >= 0.6 is 15.9 Å². The molecule has 1 N–H and O–H groups in total. The van der Waals surface area contributed by atoms with Crippen LogP contribution in [0.4, 0.5) is 0 Å². The van der Waals surface area contributed by atoms with Crippen molar-refractivity contribution in [2.24, 2.45) is 5.92 Å². The molecule has 0 bridgehead atoms. The van der Waals surface area contributed by atoms with E-state index in [2.05, 4.69) is 26.1 Å². The predicted molar refractivity (Wildman–Crippen MR) is 111 cm³/mol. The van der Waals surface area contributed by atoms with E-state index in [1.165, 1.54) is 38.6 Å². The summed E-state index contributed by atoms with van der Waals surface area (Å²) in [7, 11) is 3.17. The average molecular weight is 439 g/mol. The van der Waals surface area contributed by atoms with Crippen molar-refractivity contribution in [2.45, 2.75) is 51.0 Å². The molecule has 6 heteroatoms. The Morgan fingerprint density at radius 3 is 2.22 bits per heavy atom. The zero-order chi connectivity index (χ0) is 19.2. The minimum absolute atomic E-state index is 0.0650. The molecule has 2 fully saturated rings. The molecule has 1 saturated heterocycles. The van der Waals surface area contributed by atoms with E-state index >= 15 is 0 Å². The van der Waals surface area contributed by atoms with Crippen LogP contribution in [0.15, 0.2) is 16.6 Å². The number of carbonyl (C=O) groups excluding carboxylic acids is 1. The van der Waals surface area contributed by atoms with Crippen molar-refractivity contribution >= 4 is 21.8 Å². The van der Waals surface area contributed by atoms with Gasteiger partial charge in [-0.05, 0) is 59.7 Å². The minimum Gasteiger partial charge on any atom is -0.495 e. The monoisotopic (exact) mass is 438 g/mol. The summed E-state index contributed by atoms with van der Waals surface area (Å²) in [6.07, 6.45) is 9.03. The molecule has 0 spiro atoms. The number of amides is 1. The van der Waals surface area contributed by atoms with E-state index in [1.807, 2.05) is 0 Å². The van der Waals surface area contributed by atoms with E-state index in [0.717, 1.165) is 36.3 Å². The maximum atomic E-state index is 12.7. The van der Waals surface area contributed by atoms with E-state index < -0.39 is 0 Å². The van der Waals surface area contributed by atoms with Crippen LogP contribution in [-0.2, 0) is 0 Å². The van der Waals surface area contributed by atoms with Gasteiger partial charge < -0.3 is 19.7 Å². The minimum atomic E-state index is -0.0650. The molecule has 1 aliphatic carbocycles. The largest absolute Gasteiger partial charge is 0.495 e. The first-order valence-corrected chi connectivity index (χ1v) is 10.8. The first-order chi connectivity index (χ1) is 13.1. The Labute approximate surface area is 170 Å². The molecular formula is C21H31BrN2O3. The summed E-state index contributed by atoms with van der Waals surface area (Å²) in [6.45, 7) is 3.39. The number of nitrogens with zero attached hydrogens (tertiary/aromatic N) is 1. The number of likely N-dealkylation sites (tertiary alicyclic amines) is 1. The van der Waals surface area contributed by atoms with Crippen LogP contribution in [0.2, 0.25) is 0 Å². The zero-order valence-electron chi connectivity index (χ0n) is 16.4. The van der Waals surface area contributed by atoms with Crippen LogP contribution in [0.5, 0.6) is 11.5 Å². The van der Waals surface area contributed by atoms with Crippen LogP contribution in [-0.4, -0.2) is 50.7 Å². The standard InChI is InChI=1S/C21H31BrN2O3/c1-26-18-12-16(13-19(27-2)20(18)22)21(25)23-17-8-10-24(11-9-17)14-15-6-4-3-5-7-15/h12-13,15,17H,3-11,14H2,1-2H3,(H,23,25). The molecule has 1 saturated carbocycles. The number of methoxy groups -OCH3 is 2. The molecule has 0 aromatic heterocycles. The molecule has 1 aromatic rings. The van der Waals surface area contributed by atoms with Gasteiger partial charge in [-0.3, -0.25) is 4.79 Å². The Kier molecular flexibility index (Phi) is 7.41. The van der Waals surface area contributed by atoms with Gasteiger partial charge in [0.25, 0.3) is 5.91 Å². The summed E-state index contributed by atoms with van der Waals surface area (Å²) >= 11 is 3.44. The SMILES string of the molecule is COc1cc(C(=O)NC2CCN(CC3CCCCC3)CC2)cc(OC)c1Br. The van der Waals surface area contributed by atoms with Gasteiger partial charge >= 0.3 is 0 Å². The van der Waals surface area contributed by atoms with Gasteiger partial charge in [0.1, 0.15) is 16.0 Å². The van der Waals surface area contributed by atoms with Crippen molar-refractivity contribution < 1.29 is 14.3 Å². The molecule has 2 aliphatic rings. The van der Waals surface area contributed by atoms with Gasteiger partial charge in [-0.25, -0.2) is 0 Å². The first-order valence-electron chi connectivity index (χ1n) is 10.1. The number of carbonyl (C=O) groups is 1. The highest BCUT2D eigenvalue weighted by molar-refractivity contribution is 9.10. The summed E-state index contributed by atoms with van der Waals surface area (Å²) in [4.78, 5) is 15.3. The number of halogens is 1. The molecular weight excluding hydrogens is 408 g/mol. The van der Waals surface area contributed by atoms with E-state index in [-0.39, 0.29) is 11.9 Å². The summed E-state index contributed by atoms with van der Waals surface area (Å²) in [5.74, 6) is 2.01. The highest BCUT2D eigenvalue weighted by atomic mass is 79.9. The van der Waals surface area contributed by atoms with E-state index in [0.29, 0.717) is 17.1 Å². The fraction of sp³-hybridized carbons (Fsp3) is 0.667. The van der Waals surface area contributed by atoms with Crippen LogP contribution in [0.3, 0.4) is 0 Å². The van der Waals surface area contributed by atoms with Crippen molar-refractivity contribution in [3.8, 4) is 11.5 Å². The maximum Gasteiger partial charge on any atom is 0.251 e.